The zero-order chi connectivity index (χ0) is 14.1. The van der Waals surface area contributed by atoms with Crippen molar-refractivity contribution in [3.63, 3.8) is 0 Å². The molecule has 0 aromatic carbocycles. The smallest absolute Gasteiger partial charge is 0.317 e. The van der Waals surface area contributed by atoms with Crippen molar-refractivity contribution < 1.29 is 14.7 Å². The molecular formula is C14H26N2O3. The minimum absolute atomic E-state index is 0.100. The maximum Gasteiger partial charge on any atom is 0.317 e. The molecule has 0 heterocycles. The summed E-state index contributed by atoms with van der Waals surface area (Å²) in [4.78, 5) is 23.6. The summed E-state index contributed by atoms with van der Waals surface area (Å²) in [6, 6.07) is -0.100. The van der Waals surface area contributed by atoms with Crippen molar-refractivity contribution in [2.75, 3.05) is 20.1 Å². The molecule has 1 fully saturated rings. The summed E-state index contributed by atoms with van der Waals surface area (Å²) in [5, 5.41) is 11.4. The number of hydrogen-bond acceptors (Lipinski definition) is 2. The van der Waals surface area contributed by atoms with Gasteiger partial charge in [-0.3, -0.25) is 4.79 Å². The second-order valence-corrected chi connectivity index (χ2v) is 5.44. The highest BCUT2D eigenvalue weighted by Gasteiger charge is 2.14. The third kappa shape index (κ3) is 7.03. The van der Waals surface area contributed by atoms with Crippen molar-refractivity contribution in [1.29, 1.82) is 0 Å². The number of carbonyl (C=O) groups is 2. The summed E-state index contributed by atoms with van der Waals surface area (Å²) in [6.07, 6.45) is 8.29. The normalized spacial score (nSPS) is 15.4. The first kappa shape index (κ1) is 15.8. The number of nitrogens with zero attached hydrogens (tertiary/aromatic N) is 1. The summed E-state index contributed by atoms with van der Waals surface area (Å²) in [5.74, 6) is 0.0515. The third-order valence-electron chi connectivity index (χ3n) is 3.77. The molecule has 0 aliphatic heterocycles. The molecule has 0 unspecified atom stereocenters. The van der Waals surface area contributed by atoms with Gasteiger partial charge in [0.2, 0.25) is 0 Å². The zero-order valence-corrected chi connectivity index (χ0v) is 11.9. The van der Waals surface area contributed by atoms with Crippen LogP contribution < -0.4 is 5.32 Å². The number of aliphatic carboxylic acids is 1. The number of carboxylic acids is 1. The van der Waals surface area contributed by atoms with Crippen molar-refractivity contribution in [1.82, 2.24) is 10.2 Å². The SMILES string of the molecule is CN(CCCC(=O)O)C(=O)NCCCC1CCCC1. The van der Waals surface area contributed by atoms with Crippen molar-refractivity contribution in [2.45, 2.75) is 51.4 Å². The molecule has 110 valence electrons. The molecule has 0 spiro atoms. The van der Waals surface area contributed by atoms with Gasteiger partial charge in [-0.05, 0) is 25.2 Å². The van der Waals surface area contributed by atoms with Crippen molar-refractivity contribution in [2.24, 2.45) is 5.92 Å². The van der Waals surface area contributed by atoms with Crippen LogP contribution in [0, 0.1) is 5.92 Å². The van der Waals surface area contributed by atoms with E-state index in [0.717, 1.165) is 18.9 Å². The van der Waals surface area contributed by atoms with E-state index in [4.69, 9.17) is 5.11 Å². The monoisotopic (exact) mass is 270 g/mol. The Balaban J connectivity index is 2.00. The van der Waals surface area contributed by atoms with E-state index in [1.165, 1.54) is 32.1 Å². The average Bonchev–Trinajstić information content (AvgIpc) is 2.86. The third-order valence-corrected chi connectivity index (χ3v) is 3.77. The molecule has 1 aliphatic carbocycles. The largest absolute Gasteiger partial charge is 0.481 e. The fraction of sp³-hybridized carbons (Fsp3) is 0.857. The molecule has 0 bridgehead atoms. The predicted octanol–water partition coefficient (Wildman–Crippen LogP) is 2.46. The van der Waals surface area contributed by atoms with Crippen molar-refractivity contribution in [3.8, 4) is 0 Å². The summed E-state index contributed by atoms with van der Waals surface area (Å²) >= 11 is 0. The Hall–Kier alpha value is -1.26. The lowest BCUT2D eigenvalue weighted by molar-refractivity contribution is -0.137. The Morgan fingerprint density at radius 1 is 1.26 bits per heavy atom. The molecule has 1 aliphatic rings. The number of nitrogens with one attached hydrogen (secondary N) is 1. The number of rotatable bonds is 8. The Kier molecular flexibility index (Phi) is 7.30. The highest BCUT2D eigenvalue weighted by molar-refractivity contribution is 5.73. The van der Waals surface area contributed by atoms with Crippen LogP contribution in [0.2, 0.25) is 0 Å². The van der Waals surface area contributed by atoms with Crippen LogP contribution in [0.4, 0.5) is 4.79 Å². The Bertz CT molecular complexity index is 288. The van der Waals surface area contributed by atoms with Crippen LogP contribution in [0.3, 0.4) is 0 Å². The van der Waals surface area contributed by atoms with E-state index in [2.05, 4.69) is 5.32 Å². The van der Waals surface area contributed by atoms with E-state index in [1.807, 2.05) is 0 Å². The van der Waals surface area contributed by atoms with E-state index in [-0.39, 0.29) is 12.5 Å². The van der Waals surface area contributed by atoms with E-state index in [1.54, 1.807) is 11.9 Å². The van der Waals surface area contributed by atoms with Gasteiger partial charge in [0.05, 0.1) is 0 Å². The zero-order valence-electron chi connectivity index (χ0n) is 11.9. The highest BCUT2D eigenvalue weighted by atomic mass is 16.4. The lowest BCUT2D eigenvalue weighted by Crippen LogP contribution is -2.38. The van der Waals surface area contributed by atoms with Gasteiger partial charge < -0.3 is 15.3 Å². The van der Waals surface area contributed by atoms with E-state index in [9.17, 15) is 9.59 Å². The second-order valence-electron chi connectivity index (χ2n) is 5.44. The summed E-state index contributed by atoms with van der Waals surface area (Å²) in [5.41, 5.74) is 0. The minimum Gasteiger partial charge on any atom is -0.481 e. The van der Waals surface area contributed by atoms with Crippen LogP contribution in [-0.2, 0) is 4.79 Å². The molecule has 19 heavy (non-hydrogen) atoms. The van der Waals surface area contributed by atoms with E-state index < -0.39 is 5.97 Å². The van der Waals surface area contributed by atoms with Crippen LogP contribution in [0.5, 0.6) is 0 Å². The molecule has 2 N–H and O–H groups in total. The fourth-order valence-electron chi connectivity index (χ4n) is 2.59. The van der Waals surface area contributed by atoms with Gasteiger partial charge in [-0.15, -0.1) is 0 Å². The van der Waals surface area contributed by atoms with Gasteiger partial charge in [-0.1, -0.05) is 25.7 Å². The van der Waals surface area contributed by atoms with Gasteiger partial charge in [0.15, 0.2) is 0 Å². The van der Waals surface area contributed by atoms with Gasteiger partial charge in [0, 0.05) is 26.6 Å². The molecule has 5 heteroatoms. The molecule has 5 nitrogen and oxygen atoms in total. The molecule has 1 saturated carbocycles. The molecule has 0 aromatic heterocycles. The molecule has 1 rings (SSSR count). The molecule has 0 saturated heterocycles. The van der Waals surface area contributed by atoms with Gasteiger partial charge in [0.1, 0.15) is 0 Å². The van der Waals surface area contributed by atoms with Crippen LogP contribution in [-0.4, -0.2) is 42.1 Å². The van der Waals surface area contributed by atoms with Crippen LogP contribution >= 0.6 is 0 Å². The molecular weight excluding hydrogens is 244 g/mol. The lowest BCUT2D eigenvalue weighted by Gasteiger charge is -2.17. The average molecular weight is 270 g/mol. The minimum atomic E-state index is -0.814. The topological polar surface area (TPSA) is 69.6 Å². The van der Waals surface area contributed by atoms with Gasteiger partial charge in [-0.25, -0.2) is 4.79 Å². The van der Waals surface area contributed by atoms with Crippen LogP contribution in [0.1, 0.15) is 51.4 Å². The quantitative estimate of drug-likeness (QED) is 0.666. The summed E-state index contributed by atoms with van der Waals surface area (Å²) < 4.78 is 0. The van der Waals surface area contributed by atoms with Gasteiger partial charge in [-0.2, -0.15) is 0 Å². The number of carbonyl (C=O) groups excluding carboxylic acids is 1. The Morgan fingerprint density at radius 3 is 2.58 bits per heavy atom. The molecule has 0 aromatic rings. The molecule has 0 atom stereocenters. The maximum absolute atomic E-state index is 11.7. The molecule has 2 amide bonds. The number of amides is 2. The predicted molar refractivity (Wildman–Crippen MR) is 74.1 cm³/mol. The number of hydrogen-bond donors (Lipinski definition) is 2. The van der Waals surface area contributed by atoms with Crippen LogP contribution in [0.15, 0.2) is 0 Å². The molecule has 0 radical (unpaired) electrons. The van der Waals surface area contributed by atoms with Crippen LogP contribution in [0.25, 0.3) is 0 Å². The number of carboxylic acid groups (broad SMARTS) is 1. The van der Waals surface area contributed by atoms with E-state index >= 15 is 0 Å². The summed E-state index contributed by atoms with van der Waals surface area (Å²) in [6.45, 7) is 1.21. The lowest BCUT2D eigenvalue weighted by atomic mass is 10.0. The Labute approximate surface area is 115 Å². The second kappa shape index (κ2) is 8.77. The first-order valence-electron chi connectivity index (χ1n) is 7.30. The highest BCUT2D eigenvalue weighted by Crippen LogP contribution is 2.28. The summed E-state index contributed by atoms with van der Waals surface area (Å²) in [7, 11) is 1.70. The fourth-order valence-corrected chi connectivity index (χ4v) is 2.59. The van der Waals surface area contributed by atoms with Crippen molar-refractivity contribution in [3.05, 3.63) is 0 Å². The standard InChI is InChI=1S/C14H26N2O3/c1-16(11-5-9-13(17)18)14(19)15-10-4-8-12-6-2-3-7-12/h12H,2-11H2,1H3,(H,15,19)(H,17,18). The van der Waals surface area contributed by atoms with Gasteiger partial charge >= 0.3 is 12.0 Å². The first-order valence-corrected chi connectivity index (χ1v) is 7.30. The van der Waals surface area contributed by atoms with Crippen molar-refractivity contribution >= 4 is 12.0 Å². The number of urea groups is 1. The Morgan fingerprint density at radius 2 is 1.95 bits per heavy atom. The first-order chi connectivity index (χ1) is 9.09. The van der Waals surface area contributed by atoms with Gasteiger partial charge in [0.25, 0.3) is 0 Å². The maximum atomic E-state index is 11.7. The van der Waals surface area contributed by atoms with E-state index in [0.29, 0.717) is 13.0 Å².